The maximum atomic E-state index is 13.0. The molecule has 2 aromatic carbocycles. The van der Waals surface area contributed by atoms with Gasteiger partial charge < -0.3 is 5.32 Å². The van der Waals surface area contributed by atoms with Crippen LogP contribution in [-0.4, -0.2) is 62.8 Å². The zero-order chi connectivity index (χ0) is 21.0. The van der Waals surface area contributed by atoms with E-state index in [4.69, 9.17) is 0 Å². The zero-order valence-corrected chi connectivity index (χ0v) is 18.3. The number of carbonyl (C=O) groups excluding carboxylic acids is 1. The van der Waals surface area contributed by atoms with Gasteiger partial charge in [0.1, 0.15) is 0 Å². The van der Waals surface area contributed by atoms with Gasteiger partial charge in [-0.2, -0.15) is 4.31 Å². The first-order valence-corrected chi connectivity index (χ1v) is 12.3. The van der Waals surface area contributed by atoms with Gasteiger partial charge in [-0.15, -0.1) is 11.3 Å². The largest absolute Gasteiger partial charge is 0.355 e. The van der Waals surface area contributed by atoms with Gasteiger partial charge in [-0.1, -0.05) is 36.4 Å². The Morgan fingerprint density at radius 2 is 1.73 bits per heavy atom. The molecule has 1 aliphatic heterocycles. The van der Waals surface area contributed by atoms with E-state index in [0.717, 1.165) is 17.2 Å². The minimum absolute atomic E-state index is 0.0163. The molecule has 30 heavy (non-hydrogen) atoms. The Hall–Kier alpha value is -2.26. The van der Waals surface area contributed by atoms with Crippen molar-refractivity contribution in [1.29, 1.82) is 0 Å². The summed E-state index contributed by atoms with van der Waals surface area (Å²) in [4.78, 5) is 15.8. The van der Waals surface area contributed by atoms with Crippen LogP contribution < -0.4 is 5.32 Å². The molecule has 3 aromatic rings. The number of sulfonamides is 1. The second kappa shape index (κ2) is 9.26. The Morgan fingerprint density at radius 3 is 2.47 bits per heavy atom. The highest BCUT2D eigenvalue weighted by Crippen LogP contribution is 2.22. The van der Waals surface area contributed by atoms with Gasteiger partial charge in [0.25, 0.3) is 0 Å². The number of benzene rings is 2. The minimum Gasteiger partial charge on any atom is -0.355 e. The molecule has 0 atom stereocenters. The molecule has 6 nitrogen and oxygen atoms in total. The lowest BCUT2D eigenvalue weighted by molar-refractivity contribution is -0.122. The molecule has 4 rings (SSSR count). The Balaban J connectivity index is 1.29. The fourth-order valence-electron chi connectivity index (χ4n) is 3.64. The lowest BCUT2D eigenvalue weighted by Gasteiger charge is -2.33. The van der Waals surface area contributed by atoms with E-state index in [1.807, 2.05) is 46.7 Å². The van der Waals surface area contributed by atoms with E-state index in [1.165, 1.54) is 9.18 Å². The van der Waals surface area contributed by atoms with Crippen molar-refractivity contribution >= 4 is 38.0 Å². The second-order valence-electron chi connectivity index (χ2n) is 7.37. The van der Waals surface area contributed by atoms with Crippen molar-refractivity contribution in [3.63, 3.8) is 0 Å². The molecule has 1 N–H and O–H groups in total. The van der Waals surface area contributed by atoms with Crippen LogP contribution in [-0.2, 0) is 21.2 Å². The Morgan fingerprint density at radius 1 is 0.967 bits per heavy atom. The number of hydrogen-bond acceptors (Lipinski definition) is 5. The molecule has 0 bridgehead atoms. The monoisotopic (exact) mass is 443 g/mol. The third kappa shape index (κ3) is 4.89. The SMILES string of the molecule is O=C(CN1CCN(S(=O)(=O)c2ccc3ccccc3c2)CC1)NCCc1cccs1. The van der Waals surface area contributed by atoms with Gasteiger partial charge in [0.05, 0.1) is 11.4 Å². The van der Waals surface area contributed by atoms with Crippen molar-refractivity contribution in [3.8, 4) is 0 Å². The normalized spacial score (nSPS) is 16.0. The van der Waals surface area contributed by atoms with Gasteiger partial charge in [0.2, 0.25) is 15.9 Å². The van der Waals surface area contributed by atoms with Crippen LogP contribution >= 0.6 is 11.3 Å². The number of carbonyl (C=O) groups is 1. The molecule has 0 spiro atoms. The first-order valence-electron chi connectivity index (χ1n) is 10.0. The third-order valence-corrected chi connectivity index (χ3v) is 8.16. The van der Waals surface area contributed by atoms with Crippen LogP contribution in [0.3, 0.4) is 0 Å². The molecule has 1 saturated heterocycles. The molecule has 8 heteroatoms. The van der Waals surface area contributed by atoms with Crippen LogP contribution in [0.4, 0.5) is 0 Å². The summed E-state index contributed by atoms with van der Waals surface area (Å²) in [6.07, 6.45) is 0.835. The van der Waals surface area contributed by atoms with Gasteiger partial charge in [-0.25, -0.2) is 8.42 Å². The van der Waals surface area contributed by atoms with Crippen molar-refractivity contribution in [2.24, 2.45) is 0 Å². The number of piperazine rings is 1. The second-order valence-corrected chi connectivity index (χ2v) is 10.3. The zero-order valence-electron chi connectivity index (χ0n) is 16.7. The number of hydrogen-bond donors (Lipinski definition) is 1. The lowest BCUT2D eigenvalue weighted by Crippen LogP contribution is -2.51. The van der Waals surface area contributed by atoms with Crippen molar-refractivity contribution in [2.45, 2.75) is 11.3 Å². The third-order valence-electron chi connectivity index (χ3n) is 5.33. The van der Waals surface area contributed by atoms with Gasteiger partial charge >= 0.3 is 0 Å². The van der Waals surface area contributed by atoms with Crippen molar-refractivity contribution in [1.82, 2.24) is 14.5 Å². The van der Waals surface area contributed by atoms with E-state index in [9.17, 15) is 13.2 Å². The lowest BCUT2D eigenvalue weighted by atomic mass is 10.1. The van der Waals surface area contributed by atoms with E-state index in [2.05, 4.69) is 11.4 Å². The van der Waals surface area contributed by atoms with E-state index in [-0.39, 0.29) is 5.91 Å². The number of nitrogens with one attached hydrogen (secondary N) is 1. The van der Waals surface area contributed by atoms with E-state index in [0.29, 0.717) is 44.2 Å². The van der Waals surface area contributed by atoms with Crippen LogP contribution in [0.15, 0.2) is 64.9 Å². The minimum atomic E-state index is -3.54. The molecule has 0 saturated carbocycles. The van der Waals surface area contributed by atoms with Gasteiger partial charge in [-0.05, 0) is 40.8 Å². The van der Waals surface area contributed by atoms with Crippen LogP contribution in [0.25, 0.3) is 10.8 Å². The summed E-state index contributed by atoms with van der Waals surface area (Å²) in [6, 6.07) is 17.1. The fourth-order valence-corrected chi connectivity index (χ4v) is 5.81. The highest BCUT2D eigenvalue weighted by Gasteiger charge is 2.29. The molecule has 1 aliphatic rings. The van der Waals surface area contributed by atoms with E-state index >= 15 is 0 Å². The predicted octanol–water partition coefficient (Wildman–Crippen LogP) is 2.57. The van der Waals surface area contributed by atoms with Crippen molar-refractivity contribution in [3.05, 3.63) is 64.9 Å². The first-order chi connectivity index (χ1) is 14.5. The molecule has 0 aliphatic carbocycles. The number of rotatable bonds is 7. The molecule has 2 heterocycles. The average molecular weight is 444 g/mol. The summed E-state index contributed by atoms with van der Waals surface area (Å²) < 4.78 is 27.6. The molecular weight excluding hydrogens is 418 g/mol. The maximum Gasteiger partial charge on any atom is 0.243 e. The Labute approximate surface area is 181 Å². The van der Waals surface area contributed by atoms with Crippen LogP contribution in [0, 0.1) is 0 Å². The fraction of sp³-hybridized carbons (Fsp3) is 0.318. The standard InChI is InChI=1S/C22H25N3O3S2/c26-22(23-10-9-20-6-3-15-29-20)17-24-11-13-25(14-12-24)30(27,28)21-8-7-18-4-1-2-5-19(18)16-21/h1-8,15-16H,9-14,17H2,(H,23,26). The highest BCUT2D eigenvalue weighted by atomic mass is 32.2. The molecule has 158 valence electrons. The summed E-state index contributed by atoms with van der Waals surface area (Å²) in [5, 5.41) is 6.91. The summed E-state index contributed by atoms with van der Waals surface area (Å²) in [5.74, 6) is -0.0163. The van der Waals surface area contributed by atoms with Gasteiger partial charge in [0.15, 0.2) is 0 Å². The number of amides is 1. The quantitative estimate of drug-likeness (QED) is 0.609. The van der Waals surface area contributed by atoms with Gasteiger partial charge in [0, 0.05) is 37.6 Å². The summed E-state index contributed by atoms with van der Waals surface area (Å²) in [7, 11) is -3.54. The van der Waals surface area contributed by atoms with Crippen LogP contribution in [0.1, 0.15) is 4.88 Å². The highest BCUT2D eigenvalue weighted by molar-refractivity contribution is 7.89. The smallest absolute Gasteiger partial charge is 0.243 e. The number of thiophene rings is 1. The molecule has 1 amide bonds. The predicted molar refractivity (Wildman–Crippen MR) is 120 cm³/mol. The summed E-state index contributed by atoms with van der Waals surface area (Å²) in [5.41, 5.74) is 0. The molecule has 0 radical (unpaired) electrons. The van der Waals surface area contributed by atoms with Gasteiger partial charge in [-0.3, -0.25) is 9.69 Å². The maximum absolute atomic E-state index is 13.0. The Kier molecular flexibility index (Phi) is 6.48. The van der Waals surface area contributed by atoms with E-state index < -0.39 is 10.0 Å². The first kappa shape index (κ1) is 21.0. The summed E-state index contributed by atoms with van der Waals surface area (Å²) in [6.45, 7) is 2.79. The topological polar surface area (TPSA) is 69.7 Å². The molecule has 1 aromatic heterocycles. The molecular formula is C22H25N3O3S2. The Bertz CT molecular complexity index is 1110. The summed E-state index contributed by atoms with van der Waals surface area (Å²) >= 11 is 1.69. The van der Waals surface area contributed by atoms with Crippen LogP contribution in [0.5, 0.6) is 0 Å². The van der Waals surface area contributed by atoms with Crippen LogP contribution in [0.2, 0.25) is 0 Å². The average Bonchev–Trinajstić information content (AvgIpc) is 3.27. The number of fused-ring (bicyclic) bond motifs is 1. The van der Waals surface area contributed by atoms with Crippen molar-refractivity contribution in [2.75, 3.05) is 39.3 Å². The molecule has 0 unspecified atom stereocenters. The van der Waals surface area contributed by atoms with E-state index in [1.54, 1.807) is 23.5 Å². The molecule has 1 fully saturated rings. The van der Waals surface area contributed by atoms with Crippen molar-refractivity contribution < 1.29 is 13.2 Å². The number of nitrogens with zero attached hydrogens (tertiary/aromatic N) is 2.